The molecule has 0 radical (unpaired) electrons. The van der Waals surface area contributed by atoms with Gasteiger partial charge in [-0.15, -0.1) is 0 Å². The van der Waals surface area contributed by atoms with Gasteiger partial charge in [-0.05, 0) is 0 Å². The van der Waals surface area contributed by atoms with E-state index < -0.39 is 17.8 Å². The summed E-state index contributed by atoms with van der Waals surface area (Å²) in [5.74, 6) is -1.49. The molecular formula is C7H11NO4. The number of ether oxygens (including phenoxy) is 2. The van der Waals surface area contributed by atoms with Crippen molar-refractivity contribution in [3.05, 3.63) is 0 Å². The molecule has 0 aliphatic carbocycles. The van der Waals surface area contributed by atoms with Gasteiger partial charge in [-0.25, -0.2) is 0 Å². The van der Waals surface area contributed by atoms with E-state index >= 15 is 0 Å². The monoisotopic (exact) mass is 173 g/mol. The minimum absolute atomic E-state index is 0.405. The third kappa shape index (κ3) is 1.20. The Kier molecular flexibility index (Phi) is 1.79. The first kappa shape index (κ1) is 7.97. The largest absolute Gasteiger partial charge is 0.480 e. The maximum Gasteiger partial charge on any atom is 0.320 e. The Hall–Kier alpha value is -0.650. The summed E-state index contributed by atoms with van der Waals surface area (Å²) in [6, 6.07) is -0.525. The zero-order valence-corrected chi connectivity index (χ0v) is 6.58. The summed E-state index contributed by atoms with van der Waals surface area (Å²) in [5, 5.41) is 11.5. The number of nitrogens with one attached hydrogen (secondary N) is 1. The lowest BCUT2D eigenvalue weighted by atomic mass is 10.1. The van der Waals surface area contributed by atoms with Crippen LogP contribution in [0, 0.1) is 0 Å². The fraction of sp³-hybridized carbons (Fsp3) is 0.857. The van der Waals surface area contributed by atoms with Crippen molar-refractivity contribution in [1.82, 2.24) is 5.32 Å². The van der Waals surface area contributed by atoms with E-state index in [-0.39, 0.29) is 0 Å². The second-order valence-corrected chi connectivity index (χ2v) is 3.08. The summed E-state index contributed by atoms with van der Waals surface area (Å²) in [4.78, 5) is 10.6. The predicted molar refractivity (Wildman–Crippen MR) is 38.7 cm³/mol. The van der Waals surface area contributed by atoms with Crippen molar-refractivity contribution in [1.29, 1.82) is 0 Å². The second kappa shape index (κ2) is 2.69. The molecule has 2 heterocycles. The maximum absolute atomic E-state index is 10.6. The molecule has 2 aliphatic heterocycles. The Labute approximate surface area is 69.6 Å². The number of hydrogen-bond donors (Lipinski definition) is 2. The summed E-state index contributed by atoms with van der Waals surface area (Å²) in [7, 11) is 0. The van der Waals surface area contributed by atoms with Gasteiger partial charge in [0.1, 0.15) is 6.04 Å². The van der Waals surface area contributed by atoms with Crippen LogP contribution in [0.3, 0.4) is 0 Å². The molecule has 0 aromatic heterocycles. The molecule has 1 atom stereocenters. The highest BCUT2D eigenvalue weighted by Crippen LogP contribution is 2.28. The Morgan fingerprint density at radius 2 is 2.17 bits per heavy atom. The lowest BCUT2D eigenvalue weighted by Gasteiger charge is -2.19. The standard InChI is InChI=1S/C7H11NO4/c9-6(10)5-3-7(4-8-5)11-1-2-12-7/h5,8H,1-4H2,(H,9,10). The third-order valence-corrected chi connectivity index (χ3v) is 2.24. The molecule has 1 spiro atoms. The number of carbonyl (C=O) groups is 1. The number of carboxylic acid groups (broad SMARTS) is 1. The van der Waals surface area contributed by atoms with Crippen LogP contribution in [-0.2, 0) is 14.3 Å². The molecule has 2 aliphatic rings. The molecule has 5 nitrogen and oxygen atoms in total. The molecule has 0 bridgehead atoms. The van der Waals surface area contributed by atoms with Crippen LogP contribution >= 0.6 is 0 Å². The highest BCUT2D eigenvalue weighted by molar-refractivity contribution is 5.74. The van der Waals surface area contributed by atoms with E-state index in [2.05, 4.69) is 5.32 Å². The first-order chi connectivity index (χ1) is 5.72. The van der Waals surface area contributed by atoms with Gasteiger partial charge in [-0.3, -0.25) is 10.1 Å². The van der Waals surface area contributed by atoms with Crippen molar-refractivity contribution < 1.29 is 19.4 Å². The number of rotatable bonds is 1. The summed E-state index contributed by atoms with van der Waals surface area (Å²) in [5.41, 5.74) is 0. The topological polar surface area (TPSA) is 67.8 Å². The van der Waals surface area contributed by atoms with Crippen LogP contribution in [0.15, 0.2) is 0 Å². The van der Waals surface area contributed by atoms with Gasteiger partial charge < -0.3 is 14.6 Å². The fourth-order valence-corrected chi connectivity index (χ4v) is 1.63. The zero-order chi connectivity index (χ0) is 8.60. The molecule has 0 aromatic carbocycles. The third-order valence-electron chi connectivity index (χ3n) is 2.24. The summed E-state index contributed by atoms with van der Waals surface area (Å²) in [6.45, 7) is 1.60. The first-order valence-electron chi connectivity index (χ1n) is 3.96. The molecule has 68 valence electrons. The first-order valence-corrected chi connectivity index (χ1v) is 3.96. The average molecular weight is 173 g/mol. The lowest BCUT2D eigenvalue weighted by molar-refractivity contribution is -0.150. The number of carboxylic acids is 1. The summed E-state index contributed by atoms with van der Waals surface area (Å²) in [6.07, 6.45) is 0.405. The molecule has 2 rings (SSSR count). The van der Waals surface area contributed by atoms with Crippen LogP contribution in [0.5, 0.6) is 0 Å². The van der Waals surface area contributed by atoms with Crippen LogP contribution < -0.4 is 5.32 Å². The molecule has 0 amide bonds. The minimum Gasteiger partial charge on any atom is -0.480 e. The molecule has 1 unspecified atom stereocenters. The SMILES string of the molecule is O=C(O)C1CC2(CN1)OCCO2. The van der Waals surface area contributed by atoms with E-state index in [1.807, 2.05) is 0 Å². The minimum atomic E-state index is -0.842. The Bertz CT molecular complexity index is 200. The Morgan fingerprint density at radius 3 is 2.67 bits per heavy atom. The number of hydrogen-bond acceptors (Lipinski definition) is 4. The molecule has 2 saturated heterocycles. The summed E-state index contributed by atoms with van der Waals surface area (Å²) >= 11 is 0. The Morgan fingerprint density at radius 1 is 1.50 bits per heavy atom. The molecule has 12 heavy (non-hydrogen) atoms. The smallest absolute Gasteiger partial charge is 0.320 e. The quantitative estimate of drug-likeness (QED) is 0.542. The highest BCUT2D eigenvalue weighted by Gasteiger charge is 2.46. The van der Waals surface area contributed by atoms with Crippen molar-refractivity contribution >= 4 is 5.97 Å². The van der Waals surface area contributed by atoms with Crippen LogP contribution in [0.2, 0.25) is 0 Å². The van der Waals surface area contributed by atoms with Crippen LogP contribution in [-0.4, -0.2) is 42.7 Å². The molecule has 5 heteroatoms. The molecule has 2 N–H and O–H groups in total. The molecular weight excluding hydrogens is 162 g/mol. The van der Waals surface area contributed by atoms with Gasteiger partial charge in [0.25, 0.3) is 0 Å². The second-order valence-electron chi connectivity index (χ2n) is 3.08. The van der Waals surface area contributed by atoms with Crippen LogP contribution in [0.1, 0.15) is 6.42 Å². The van der Waals surface area contributed by atoms with Crippen molar-refractivity contribution in [2.45, 2.75) is 18.2 Å². The van der Waals surface area contributed by atoms with Gasteiger partial charge in [0, 0.05) is 6.42 Å². The normalized spacial score (nSPS) is 32.8. The Balaban J connectivity index is 2.01. The van der Waals surface area contributed by atoms with Gasteiger partial charge in [0.15, 0.2) is 5.79 Å². The number of aliphatic carboxylic acids is 1. The van der Waals surface area contributed by atoms with Crippen LogP contribution in [0.25, 0.3) is 0 Å². The average Bonchev–Trinajstić information content (AvgIpc) is 2.62. The van der Waals surface area contributed by atoms with Gasteiger partial charge in [-0.2, -0.15) is 0 Å². The van der Waals surface area contributed by atoms with Crippen molar-refractivity contribution in [2.24, 2.45) is 0 Å². The van der Waals surface area contributed by atoms with Gasteiger partial charge in [-0.1, -0.05) is 0 Å². The fourth-order valence-electron chi connectivity index (χ4n) is 1.63. The van der Waals surface area contributed by atoms with E-state index in [0.717, 1.165) is 0 Å². The predicted octanol–water partition coefficient (Wildman–Crippen LogP) is -0.824. The van der Waals surface area contributed by atoms with Gasteiger partial charge in [0.05, 0.1) is 19.8 Å². The molecule has 0 aromatic rings. The maximum atomic E-state index is 10.6. The molecule has 0 saturated carbocycles. The van der Waals surface area contributed by atoms with E-state index in [9.17, 15) is 4.79 Å². The van der Waals surface area contributed by atoms with Gasteiger partial charge in [0.2, 0.25) is 0 Å². The highest BCUT2D eigenvalue weighted by atomic mass is 16.7. The van der Waals surface area contributed by atoms with Crippen molar-refractivity contribution in [3.8, 4) is 0 Å². The van der Waals surface area contributed by atoms with Crippen molar-refractivity contribution in [3.63, 3.8) is 0 Å². The van der Waals surface area contributed by atoms with E-state index in [0.29, 0.717) is 26.2 Å². The van der Waals surface area contributed by atoms with E-state index in [4.69, 9.17) is 14.6 Å². The lowest BCUT2D eigenvalue weighted by Crippen LogP contribution is -2.32. The molecule has 2 fully saturated rings. The van der Waals surface area contributed by atoms with E-state index in [1.165, 1.54) is 0 Å². The summed E-state index contributed by atoms with van der Waals surface area (Å²) < 4.78 is 10.7. The van der Waals surface area contributed by atoms with Crippen molar-refractivity contribution in [2.75, 3.05) is 19.8 Å². The van der Waals surface area contributed by atoms with Gasteiger partial charge >= 0.3 is 5.97 Å². The van der Waals surface area contributed by atoms with E-state index in [1.54, 1.807) is 0 Å². The zero-order valence-electron chi connectivity index (χ0n) is 6.58. The van der Waals surface area contributed by atoms with Crippen LogP contribution in [0.4, 0.5) is 0 Å².